The first-order valence-electron chi connectivity index (χ1n) is 11.3. The number of esters is 2. The molecule has 0 amide bonds. The minimum Gasteiger partial charge on any atom is -0.449 e. The maximum absolute atomic E-state index is 13.6. The molecule has 0 spiro atoms. The number of halogens is 6. The summed E-state index contributed by atoms with van der Waals surface area (Å²) in [5, 5.41) is 0. The van der Waals surface area contributed by atoms with Crippen molar-refractivity contribution >= 4 is 22.1 Å². The minimum atomic E-state index is -5.35. The van der Waals surface area contributed by atoms with Crippen LogP contribution in [0.25, 0.3) is 0 Å². The molecule has 35 heavy (non-hydrogen) atoms. The van der Waals surface area contributed by atoms with Crippen LogP contribution in [0.1, 0.15) is 52.9 Å². The van der Waals surface area contributed by atoms with Crippen molar-refractivity contribution in [2.24, 2.45) is 35.5 Å². The van der Waals surface area contributed by atoms with E-state index in [1.165, 1.54) is 6.92 Å². The van der Waals surface area contributed by atoms with Gasteiger partial charge in [0.05, 0.1) is 11.8 Å². The van der Waals surface area contributed by atoms with Gasteiger partial charge in [-0.1, -0.05) is 6.92 Å². The standard InChI is InChI=1S/C21H28F6O7S/c1-4-18(2,20(22,23)24)33-16(28)14-11-5-10-6-12(8-11)15(13(14)7-10)17(29)34-19(3,21(25,26)27)9-35(30,31)32/h10-15H,4-9H2,1-3H3,(H,30,31,32). The number of hydrogen-bond acceptors (Lipinski definition) is 6. The number of hydrogen-bond donors (Lipinski definition) is 1. The van der Waals surface area contributed by atoms with Crippen molar-refractivity contribution in [3.8, 4) is 0 Å². The molecule has 4 saturated carbocycles. The summed E-state index contributed by atoms with van der Waals surface area (Å²) in [6.07, 6.45) is -9.30. The van der Waals surface area contributed by atoms with Crippen molar-refractivity contribution in [2.75, 3.05) is 5.75 Å². The minimum absolute atomic E-state index is 0.0591. The first-order chi connectivity index (χ1) is 15.7. The van der Waals surface area contributed by atoms with Crippen LogP contribution in [0.4, 0.5) is 26.3 Å². The van der Waals surface area contributed by atoms with Gasteiger partial charge in [-0.3, -0.25) is 14.1 Å². The topological polar surface area (TPSA) is 107 Å². The van der Waals surface area contributed by atoms with E-state index in [2.05, 4.69) is 4.74 Å². The molecular formula is C21H28F6O7S. The van der Waals surface area contributed by atoms with Gasteiger partial charge in [-0.05, 0) is 69.6 Å². The Hall–Kier alpha value is -1.57. The largest absolute Gasteiger partial charge is 0.449 e. The van der Waals surface area contributed by atoms with Crippen molar-refractivity contribution in [1.29, 1.82) is 0 Å². The molecule has 4 aliphatic carbocycles. The average molecular weight is 539 g/mol. The van der Waals surface area contributed by atoms with Crippen molar-refractivity contribution in [2.45, 2.75) is 76.4 Å². The first-order valence-corrected chi connectivity index (χ1v) is 12.9. The lowest BCUT2D eigenvalue weighted by Gasteiger charge is -2.56. The predicted molar refractivity (Wildman–Crippen MR) is 107 cm³/mol. The molecule has 0 aromatic heterocycles. The number of rotatable bonds is 7. The van der Waals surface area contributed by atoms with E-state index in [4.69, 9.17) is 9.29 Å². The highest BCUT2D eigenvalue weighted by Gasteiger charge is 2.63. The van der Waals surface area contributed by atoms with Gasteiger partial charge in [-0.25, -0.2) is 0 Å². The van der Waals surface area contributed by atoms with E-state index in [0.717, 1.165) is 6.92 Å². The lowest BCUT2D eigenvalue weighted by atomic mass is 9.48. The molecule has 0 heterocycles. The van der Waals surface area contributed by atoms with E-state index in [1.807, 2.05) is 0 Å². The summed E-state index contributed by atoms with van der Waals surface area (Å²) in [6, 6.07) is 0. The van der Waals surface area contributed by atoms with E-state index in [1.54, 1.807) is 0 Å². The average Bonchev–Trinajstić information content (AvgIpc) is 2.63. The third-order valence-corrected chi connectivity index (χ3v) is 8.86. The van der Waals surface area contributed by atoms with Crippen molar-refractivity contribution < 1.29 is 58.4 Å². The van der Waals surface area contributed by atoms with Gasteiger partial charge in [-0.2, -0.15) is 34.8 Å². The molecule has 8 atom stereocenters. The van der Waals surface area contributed by atoms with E-state index in [9.17, 15) is 44.3 Å². The Morgan fingerprint density at radius 2 is 1.26 bits per heavy atom. The molecule has 0 aliphatic heterocycles. The van der Waals surface area contributed by atoms with Crippen molar-refractivity contribution in [1.82, 2.24) is 0 Å². The smallest absolute Gasteiger partial charge is 0.429 e. The summed E-state index contributed by atoms with van der Waals surface area (Å²) in [7, 11) is -5.20. The summed E-state index contributed by atoms with van der Waals surface area (Å²) in [4.78, 5) is 26.0. The van der Waals surface area contributed by atoms with Gasteiger partial charge < -0.3 is 9.47 Å². The van der Waals surface area contributed by atoms with Crippen LogP contribution in [-0.4, -0.2) is 54.2 Å². The summed E-state index contributed by atoms with van der Waals surface area (Å²) in [5.41, 5.74) is -6.32. The molecule has 4 aliphatic rings. The number of alkyl halides is 6. The number of carbonyl (C=O) groups is 2. The third-order valence-electron chi connectivity index (χ3n) is 7.95. The van der Waals surface area contributed by atoms with Gasteiger partial charge in [0.15, 0.2) is 0 Å². The highest BCUT2D eigenvalue weighted by atomic mass is 32.2. The second kappa shape index (κ2) is 8.77. The molecule has 202 valence electrons. The van der Waals surface area contributed by atoms with E-state index < -0.39 is 81.5 Å². The van der Waals surface area contributed by atoms with Gasteiger partial charge >= 0.3 is 24.3 Å². The van der Waals surface area contributed by atoms with E-state index >= 15 is 0 Å². The zero-order valence-electron chi connectivity index (χ0n) is 19.3. The van der Waals surface area contributed by atoms with Crippen LogP contribution >= 0.6 is 0 Å². The van der Waals surface area contributed by atoms with Gasteiger partial charge in [0.25, 0.3) is 10.1 Å². The van der Waals surface area contributed by atoms with Crippen molar-refractivity contribution in [3.63, 3.8) is 0 Å². The Bertz CT molecular complexity index is 964. The SMILES string of the molecule is CCC(C)(OC(=O)C1C2CC3CC(C2)C(C(=O)OC(C)(CS(=O)(=O)O)C(F)(F)F)C1C3)C(F)(F)F. The molecule has 4 fully saturated rings. The van der Waals surface area contributed by atoms with Crippen molar-refractivity contribution in [3.05, 3.63) is 0 Å². The highest BCUT2D eigenvalue weighted by Crippen LogP contribution is 2.60. The van der Waals surface area contributed by atoms with E-state index in [0.29, 0.717) is 19.8 Å². The third kappa shape index (κ3) is 5.28. The first kappa shape index (κ1) is 28.0. The molecule has 1 N–H and O–H groups in total. The molecular weight excluding hydrogens is 510 g/mol. The van der Waals surface area contributed by atoms with Gasteiger partial charge in [0.2, 0.25) is 11.2 Å². The fraction of sp³-hybridized carbons (Fsp3) is 0.905. The summed E-state index contributed by atoms with van der Waals surface area (Å²) in [5.74, 6) is -8.53. The van der Waals surface area contributed by atoms with Gasteiger partial charge in [0, 0.05) is 0 Å². The Morgan fingerprint density at radius 3 is 1.63 bits per heavy atom. The molecule has 8 unspecified atom stereocenters. The normalized spacial score (nSPS) is 34.1. The lowest BCUT2D eigenvalue weighted by molar-refractivity contribution is -0.272. The van der Waals surface area contributed by atoms with Crippen LogP contribution in [0.15, 0.2) is 0 Å². The molecule has 7 nitrogen and oxygen atoms in total. The molecule has 4 bridgehead atoms. The molecule has 0 aromatic carbocycles. The Labute approximate surface area is 198 Å². The summed E-state index contributed by atoms with van der Waals surface area (Å²) < 4.78 is 122. The van der Waals surface area contributed by atoms with Crippen LogP contribution in [0.3, 0.4) is 0 Å². The highest BCUT2D eigenvalue weighted by molar-refractivity contribution is 7.85. The summed E-state index contributed by atoms with van der Waals surface area (Å²) >= 11 is 0. The van der Waals surface area contributed by atoms with Crippen LogP contribution < -0.4 is 0 Å². The van der Waals surface area contributed by atoms with Crippen LogP contribution in [-0.2, 0) is 29.2 Å². The van der Waals surface area contributed by atoms with Crippen LogP contribution in [0, 0.1) is 35.5 Å². The summed E-state index contributed by atoms with van der Waals surface area (Å²) in [6.45, 7) is 2.25. The maximum atomic E-state index is 13.6. The monoisotopic (exact) mass is 538 g/mol. The Morgan fingerprint density at radius 1 is 0.829 bits per heavy atom. The maximum Gasteiger partial charge on any atom is 0.429 e. The van der Waals surface area contributed by atoms with Gasteiger partial charge in [0.1, 0.15) is 5.75 Å². The molecule has 14 heteroatoms. The molecule has 0 saturated heterocycles. The Balaban J connectivity index is 1.89. The second-order valence-corrected chi connectivity index (χ2v) is 11.9. The number of ether oxygens (including phenoxy) is 2. The second-order valence-electron chi connectivity index (χ2n) is 10.4. The Kier molecular flexibility index (Phi) is 7.02. The lowest BCUT2D eigenvalue weighted by Crippen LogP contribution is -2.59. The van der Waals surface area contributed by atoms with Crippen LogP contribution in [0.2, 0.25) is 0 Å². The van der Waals surface area contributed by atoms with Crippen LogP contribution in [0.5, 0.6) is 0 Å². The molecule has 0 aromatic rings. The zero-order valence-corrected chi connectivity index (χ0v) is 20.1. The quantitative estimate of drug-likeness (QED) is 0.292. The zero-order chi connectivity index (χ0) is 26.8. The number of carbonyl (C=O) groups excluding carboxylic acids is 2. The molecule has 4 rings (SSSR count). The fourth-order valence-corrected chi connectivity index (χ4v) is 6.99. The fourth-order valence-electron chi connectivity index (χ4n) is 6.08. The van der Waals surface area contributed by atoms with E-state index in [-0.39, 0.29) is 24.7 Å². The predicted octanol–water partition coefficient (Wildman–Crippen LogP) is 4.31. The molecule has 0 radical (unpaired) electrons. The van der Waals surface area contributed by atoms with Gasteiger partial charge in [-0.15, -0.1) is 0 Å².